The summed E-state index contributed by atoms with van der Waals surface area (Å²) in [6.07, 6.45) is -0.923. The maximum atomic E-state index is 11.8. The Kier molecular flexibility index (Phi) is 3.11. The highest BCUT2D eigenvalue weighted by Gasteiger charge is 2.03. The third-order valence-corrected chi connectivity index (χ3v) is 1.63. The molecule has 0 aliphatic heterocycles. The molecule has 1 heterocycles. The zero-order valence-electron chi connectivity index (χ0n) is 7.51. The molecule has 1 rings (SSSR count). The van der Waals surface area contributed by atoms with E-state index in [-0.39, 0.29) is 0 Å². The largest absolute Gasteiger partial charge is 0.363 e. The summed E-state index contributed by atoms with van der Waals surface area (Å²) in [6, 6.07) is 0. The van der Waals surface area contributed by atoms with Crippen LogP contribution in [0.5, 0.6) is 0 Å². The number of hydrogen-bond acceptors (Lipinski definition) is 3. The number of alkyl halides is 2. The second-order valence-corrected chi connectivity index (χ2v) is 2.70. The van der Waals surface area contributed by atoms with Crippen LogP contribution in [0.2, 0.25) is 0 Å². The standard InChI is InChI=1S/C8H11F2N3/c1-5-6(2)13-8(4-11-5)12-3-7(9)10/h4,7H,3H2,1-2H3,(H,12,13). The summed E-state index contributed by atoms with van der Waals surface area (Å²) in [5, 5.41) is 2.49. The third-order valence-electron chi connectivity index (χ3n) is 1.63. The lowest BCUT2D eigenvalue weighted by molar-refractivity contribution is 0.163. The van der Waals surface area contributed by atoms with Crippen molar-refractivity contribution in [3.05, 3.63) is 17.6 Å². The molecule has 72 valence electrons. The maximum absolute atomic E-state index is 11.8. The fourth-order valence-electron chi connectivity index (χ4n) is 0.809. The first-order valence-corrected chi connectivity index (χ1v) is 3.92. The number of nitrogens with zero attached hydrogens (tertiary/aromatic N) is 2. The molecule has 1 aromatic rings. The van der Waals surface area contributed by atoms with E-state index in [9.17, 15) is 8.78 Å². The third kappa shape index (κ3) is 2.93. The fourth-order valence-corrected chi connectivity index (χ4v) is 0.809. The van der Waals surface area contributed by atoms with E-state index in [1.807, 2.05) is 6.92 Å². The van der Waals surface area contributed by atoms with Crippen molar-refractivity contribution in [3.63, 3.8) is 0 Å². The fraction of sp³-hybridized carbons (Fsp3) is 0.500. The van der Waals surface area contributed by atoms with E-state index in [0.717, 1.165) is 11.4 Å². The van der Waals surface area contributed by atoms with E-state index in [1.165, 1.54) is 6.20 Å². The van der Waals surface area contributed by atoms with Gasteiger partial charge in [0.05, 0.1) is 24.1 Å². The van der Waals surface area contributed by atoms with Gasteiger partial charge in [0.15, 0.2) is 0 Å². The molecule has 0 fully saturated rings. The molecule has 5 heteroatoms. The molecule has 0 amide bonds. The number of nitrogens with one attached hydrogen (secondary N) is 1. The van der Waals surface area contributed by atoms with Crippen LogP contribution in [0, 0.1) is 13.8 Å². The SMILES string of the molecule is Cc1ncc(NCC(F)F)nc1C. The molecular weight excluding hydrogens is 176 g/mol. The first-order valence-electron chi connectivity index (χ1n) is 3.92. The van der Waals surface area contributed by atoms with E-state index >= 15 is 0 Å². The second kappa shape index (κ2) is 4.11. The number of rotatable bonds is 3. The lowest BCUT2D eigenvalue weighted by atomic mass is 10.3. The molecule has 0 bridgehead atoms. The van der Waals surface area contributed by atoms with Gasteiger partial charge in [-0.15, -0.1) is 0 Å². The summed E-state index contributed by atoms with van der Waals surface area (Å²) in [5.74, 6) is 0.392. The molecule has 1 N–H and O–H groups in total. The molecule has 13 heavy (non-hydrogen) atoms. The molecule has 1 aromatic heterocycles. The lowest BCUT2D eigenvalue weighted by Gasteiger charge is -2.05. The summed E-state index contributed by atoms with van der Waals surface area (Å²) in [5.41, 5.74) is 1.56. The van der Waals surface area contributed by atoms with Crippen LogP contribution in [0.4, 0.5) is 14.6 Å². The first kappa shape index (κ1) is 9.83. The van der Waals surface area contributed by atoms with Gasteiger partial charge in [0.1, 0.15) is 5.82 Å². The lowest BCUT2D eigenvalue weighted by Crippen LogP contribution is -2.12. The van der Waals surface area contributed by atoms with Crippen LogP contribution < -0.4 is 5.32 Å². The van der Waals surface area contributed by atoms with E-state index in [2.05, 4.69) is 15.3 Å². The minimum Gasteiger partial charge on any atom is -0.363 e. The van der Waals surface area contributed by atoms with Gasteiger partial charge in [0, 0.05) is 0 Å². The van der Waals surface area contributed by atoms with Gasteiger partial charge in [-0.3, -0.25) is 4.98 Å². The molecule has 0 aliphatic rings. The Bertz CT molecular complexity index is 289. The van der Waals surface area contributed by atoms with Crippen molar-refractivity contribution in [2.75, 3.05) is 11.9 Å². The Balaban J connectivity index is 2.63. The summed E-state index contributed by atoms with van der Waals surface area (Å²) in [4.78, 5) is 8.02. The highest BCUT2D eigenvalue weighted by Crippen LogP contribution is 2.05. The molecule has 0 saturated carbocycles. The predicted molar refractivity (Wildman–Crippen MR) is 46.0 cm³/mol. The van der Waals surface area contributed by atoms with Gasteiger partial charge in [0.25, 0.3) is 6.43 Å². The van der Waals surface area contributed by atoms with E-state index < -0.39 is 13.0 Å². The predicted octanol–water partition coefficient (Wildman–Crippen LogP) is 1.77. The first-order chi connectivity index (χ1) is 6.09. The minimum absolute atomic E-state index is 0.392. The Morgan fingerprint density at radius 2 is 2.08 bits per heavy atom. The van der Waals surface area contributed by atoms with E-state index in [0.29, 0.717) is 5.82 Å². The summed E-state index contributed by atoms with van der Waals surface area (Å²) < 4.78 is 23.6. The normalized spacial score (nSPS) is 10.5. The van der Waals surface area contributed by atoms with Crippen molar-refractivity contribution in [3.8, 4) is 0 Å². The zero-order valence-corrected chi connectivity index (χ0v) is 7.51. The number of hydrogen-bond donors (Lipinski definition) is 1. The van der Waals surface area contributed by atoms with Gasteiger partial charge < -0.3 is 5.32 Å². The highest BCUT2D eigenvalue weighted by molar-refractivity contribution is 5.33. The molecule has 3 nitrogen and oxygen atoms in total. The molecule has 0 atom stereocenters. The van der Waals surface area contributed by atoms with E-state index in [1.54, 1.807) is 6.92 Å². The second-order valence-electron chi connectivity index (χ2n) is 2.70. The van der Waals surface area contributed by atoms with Gasteiger partial charge in [-0.1, -0.05) is 0 Å². The van der Waals surface area contributed by atoms with Gasteiger partial charge in [0.2, 0.25) is 0 Å². The molecule has 0 spiro atoms. The number of anilines is 1. The topological polar surface area (TPSA) is 37.8 Å². The van der Waals surface area contributed by atoms with Crippen LogP contribution in [0.15, 0.2) is 6.20 Å². The van der Waals surface area contributed by atoms with Crippen molar-refractivity contribution in [2.24, 2.45) is 0 Å². The summed E-state index contributed by atoms with van der Waals surface area (Å²) in [7, 11) is 0. The van der Waals surface area contributed by atoms with Crippen molar-refractivity contribution in [2.45, 2.75) is 20.3 Å². The molecular formula is C8H11F2N3. The maximum Gasteiger partial charge on any atom is 0.255 e. The van der Waals surface area contributed by atoms with Gasteiger partial charge in [-0.25, -0.2) is 13.8 Å². The van der Waals surface area contributed by atoms with Gasteiger partial charge in [-0.2, -0.15) is 0 Å². The Hall–Kier alpha value is -1.26. The minimum atomic E-state index is -2.37. The van der Waals surface area contributed by atoms with Crippen molar-refractivity contribution in [1.29, 1.82) is 0 Å². The molecule has 0 unspecified atom stereocenters. The van der Waals surface area contributed by atoms with Crippen LogP contribution in [-0.4, -0.2) is 22.9 Å². The number of aromatic nitrogens is 2. The van der Waals surface area contributed by atoms with Crippen molar-refractivity contribution in [1.82, 2.24) is 9.97 Å². The molecule has 0 aliphatic carbocycles. The summed E-state index contributed by atoms with van der Waals surface area (Å²) in [6.45, 7) is 3.21. The van der Waals surface area contributed by atoms with Gasteiger partial charge in [-0.05, 0) is 13.8 Å². The quantitative estimate of drug-likeness (QED) is 0.783. The Morgan fingerprint density at radius 1 is 1.38 bits per heavy atom. The Morgan fingerprint density at radius 3 is 2.62 bits per heavy atom. The van der Waals surface area contributed by atoms with Crippen LogP contribution in [0.1, 0.15) is 11.4 Å². The average molecular weight is 187 g/mol. The van der Waals surface area contributed by atoms with Crippen molar-refractivity contribution < 1.29 is 8.78 Å². The highest BCUT2D eigenvalue weighted by atomic mass is 19.3. The zero-order chi connectivity index (χ0) is 9.84. The monoisotopic (exact) mass is 187 g/mol. The number of halogens is 2. The average Bonchev–Trinajstić information content (AvgIpc) is 2.07. The van der Waals surface area contributed by atoms with Crippen LogP contribution >= 0.6 is 0 Å². The molecule has 0 radical (unpaired) electrons. The van der Waals surface area contributed by atoms with E-state index in [4.69, 9.17) is 0 Å². The van der Waals surface area contributed by atoms with Crippen LogP contribution in [-0.2, 0) is 0 Å². The summed E-state index contributed by atoms with van der Waals surface area (Å²) >= 11 is 0. The van der Waals surface area contributed by atoms with Crippen molar-refractivity contribution >= 4 is 5.82 Å². The number of aryl methyl sites for hydroxylation is 2. The van der Waals surface area contributed by atoms with Crippen LogP contribution in [0.25, 0.3) is 0 Å². The Labute approximate surface area is 75.2 Å². The molecule has 0 aromatic carbocycles. The molecule has 0 saturated heterocycles. The van der Waals surface area contributed by atoms with Crippen LogP contribution in [0.3, 0.4) is 0 Å². The van der Waals surface area contributed by atoms with Gasteiger partial charge >= 0.3 is 0 Å². The smallest absolute Gasteiger partial charge is 0.255 e.